The van der Waals surface area contributed by atoms with Gasteiger partial charge in [-0.05, 0) is 37.2 Å². The van der Waals surface area contributed by atoms with E-state index in [2.05, 4.69) is 6.92 Å². The highest BCUT2D eigenvalue weighted by atomic mass is 32.2. The number of rotatable bonds is 6. The molecule has 1 aliphatic heterocycles. The molecule has 2 nitrogen and oxygen atoms in total. The molecule has 84 valence electrons. The van der Waals surface area contributed by atoms with Gasteiger partial charge in [-0.1, -0.05) is 6.92 Å². The van der Waals surface area contributed by atoms with Crippen LogP contribution in [-0.4, -0.2) is 36.4 Å². The summed E-state index contributed by atoms with van der Waals surface area (Å²) in [7, 11) is 0. The van der Waals surface area contributed by atoms with Gasteiger partial charge >= 0.3 is 0 Å². The predicted molar refractivity (Wildman–Crippen MR) is 61.8 cm³/mol. The molecule has 0 aliphatic carbocycles. The van der Waals surface area contributed by atoms with Gasteiger partial charge in [-0.3, -0.25) is 0 Å². The third-order valence-corrected chi connectivity index (χ3v) is 3.92. The summed E-state index contributed by atoms with van der Waals surface area (Å²) in [4.78, 5) is 0. The fraction of sp³-hybridized carbons (Fsp3) is 1.00. The number of ether oxygens (including phenoxy) is 1. The Morgan fingerprint density at radius 1 is 1.50 bits per heavy atom. The van der Waals surface area contributed by atoms with Crippen molar-refractivity contribution in [3.8, 4) is 0 Å². The summed E-state index contributed by atoms with van der Waals surface area (Å²) in [5.74, 6) is 2.42. The van der Waals surface area contributed by atoms with Crippen molar-refractivity contribution in [2.24, 2.45) is 5.41 Å². The average Bonchev–Trinajstić information content (AvgIpc) is 2.26. The minimum atomic E-state index is 0.0898. The molecule has 0 aromatic carbocycles. The van der Waals surface area contributed by atoms with Crippen molar-refractivity contribution < 1.29 is 9.84 Å². The molecule has 1 atom stereocenters. The summed E-state index contributed by atoms with van der Waals surface area (Å²) in [5, 5.41) is 9.41. The third kappa shape index (κ3) is 3.79. The topological polar surface area (TPSA) is 29.5 Å². The average molecular weight is 218 g/mol. The minimum Gasteiger partial charge on any atom is -0.396 e. The first-order valence-corrected chi connectivity index (χ1v) is 6.75. The van der Waals surface area contributed by atoms with Gasteiger partial charge in [0.25, 0.3) is 0 Å². The molecule has 1 heterocycles. The summed E-state index contributed by atoms with van der Waals surface area (Å²) in [6, 6.07) is 0. The Morgan fingerprint density at radius 3 is 2.93 bits per heavy atom. The number of aliphatic hydroxyl groups excluding tert-OH is 1. The molecule has 0 saturated carbocycles. The van der Waals surface area contributed by atoms with Gasteiger partial charge in [0.05, 0.1) is 13.2 Å². The molecule has 1 rings (SSSR count). The maximum absolute atomic E-state index is 9.41. The van der Waals surface area contributed by atoms with Crippen LogP contribution in [0.15, 0.2) is 0 Å². The highest BCUT2D eigenvalue weighted by Gasteiger charge is 2.31. The van der Waals surface area contributed by atoms with E-state index in [1.165, 1.54) is 17.9 Å². The second kappa shape index (κ2) is 6.70. The van der Waals surface area contributed by atoms with E-state index < -0.39 is 0 Å². The minimum absolute atomic E-state index is 0.0898. The third-order valence-electron chi connectivity index (χ3n) is 2.94. The van der Waals surface area contributed by atoms with Gasteiger partial charge in [-0.2, -0.15) is 11.8 Å². The van der Waals surface area contributed by atoms with E-state index in [0.29, 0.717) is 6.61 Å². The summed E-state index contributed by atoms with van der Waals surface area (Å²) in [6.07, 6.45) is 4.58. The smallest absolute Gasteiger partial charge is 0.0544 e. The van der Waals surface area contributed by atoms with Crippen molar-refractivity contribution in [2.75, 3.05) is 31.3 Å². The first-order chi connectivity index (χ1) is 6.83. The molecule has 1 N–H and O–H groups in total. The lowest BCUT2D eigenvalue weighted by molar-refractivity contribution is -0.0429. The monoisotopic (exact) mass is 218 g/mol. The molecule has 0 aromatic rings. The summed E-state index contributed by atoms with van der Waals surface area (Å²) in [5.41, 5.74) is 0.0898. The molecular formula is C11H22O2S. The maximum Gasteiger partial charge on any atom is 0.0544 e. The Balaban J connectivity index is 2.22. The molecule has 0 amide bonds. The molecule has 1 saturated heterocycles. The van der Waals surface area contributed by atoms with Crippen molar-refractivity contribution in [3.63, 3.8) is 0 Å². The van der Waals surface area contributed by atoms with Crippen LogP contribution in [0.4, 0.5) is 0 Å². The van der Waals surface area contributed by atoms with Crippen LogP contribution in [-0.2, 0) is 4.74 Å². The van der Waals surface area contributed by atoms with E-state index in [4.69, 9.17) is 4.74 Å². The second-order valence-corrected chi connectivity index (χ2v) is 5.51. The van der Waals surface area contributed by atoms with E-state index in [9.17, 15) is 5.11 Å². The first kappa shape index (κ1) is 12.3. The fourth-order valence-corrected chi connectivity index (χ4v) is 2.64. The van der Waals surface area contributed by atoms with E-state index in [-0.39, 0.29) is 5.41 Å². The number of hydrogen-bond acceptors (Lipinski definition) is 3. The van der Waals surface area contributed by atoms with Crippen LogP contribution in [0.5, 0.6) is 0 Å². The van der Waals surface area contributed by atoms with Gasteiger partial charge in [-0.25, -0.2) is 0 Å². The molecule has 3 heteroatoms. The summed E-state index contributed by atoms with van der Waals surface area (Å²) < 4.78 is 5.47. The number of thioether (sulfide) groups is 1. The molecule has 1 fully saturated rings. The quantitative estimate of drug-likeness (QED) is 0.694. The van der Waals surface area contributed by atoms with Crippen LogP contribution in [0.3, 0.4) is 0 Å². The molecule has 0 bridgehead atoms. The molecule has 1 aliphatic rings. The van der Waals surface area contributed by atoms with Crippen LogP contribution in [0, 0.1) is 5.41 Å². The normalized spacial score (nSPS) is 27.9. The van der Waals surface area contributed by atoms with Crippen LogP contribution < -0.4 is 0 Å². The Hall–Kier alpha value is 0.270. The van der Waals surface area contributed by atoms with E-state index >= 15 is 0 Å². The zero-order valence-corrected chi connectivity index (χ0v) is 9.94. The molecule has 0 spiro atoms. The van der Waals surface area contributed by atoms with E-state index in [1.54, 1.807) is 0 Å². The van der Waals surface area contributed by atoms with E-state index in [0.717, 1.165) is 32.5 Å². The van der Waals surface area contributed by atoms with Crippen LogP contribution in [0.25, 0.3) is 0 Å². The lowest BCUT2D eigenvalue weighted by Crippen LogP contribution is -2.35. The van der Waals surface area contributed by atoms with Crippen molar-refractivity contribution in [1.82, 2.24) is 0 Å². The standard InChI is InChI=1S/C11H22O2S/c1-2-14-8-4-6-11(9-12)5-3-7-13-10-11/h12H,2-10H2,1H3. The molecule has 14 heavy (non-hydrogen) atoms. The molecule has 0 aromatic heterocycles. The van der Waals surface area contributed by atoms with Gasteiger partial charge in [0.15, 0.2) is 0 Å². The summed E-state index contributed by atoms with van der Waals surface area (Å²) in [6.45, 7) is 4.13. The van der Waals surface area contributed by atoms with E-state index in [1.807, 2.05) is 11.8 Å². The Bertz CT molecular complexity index is 144. The Kier molecular flexibility index (Phi) is 5.90. The second-order valence-electron chi connectivity index (χ2n) is 4.11. The van der Waals surface area contributed by atoms with Gasteiger partial charge in [0.1, 0.15) is 0 Å². The fourth-order valence-electron chi connectivity index (χ4n) is 2.00. The van der Waals surface area contributed by atoms with Gasteiger partial charge in [0, 0.05) is 12.0 Å². The Labute approximate surface area is 91.4 Å². The largest absolute Gasteiger partial charge is 0.396 e. The lowest BCUT2D eigenvalue weighted by Gasteiger charge is -2.35. The molecular weight excluding hydrogens is 196 g/mol. The Morgan fingerprint density at radius 2 is 2.36 bits per heavy atom. The van der Waals surface area contributed by atoms with Crippen LogP contribution in [0.2, 0.25) is 0 Å². The van der Waals surface area contributed by atoms with Crippen LogP contribution in [0.1, 0.15) is 32.6 Å². The zero-order valence-electron chi connectivity index (χ0n) is 9.13. The highest BCUT2D eigenvalue weighted by molar-refractivity contribution is 7.99. The van der Waals surface area contributed by atoms with Gasteiger partial charge in [-0.15, -0.1) is 0 Å². The predicted octanol–water partition coefficient (Wildman–Crippen LogP) is 2.31. The maximum atomic E-state index is 9.41. The van der Waals surface area contributed by atoms with Crippen molar-refractivity contribution in [3.05, 3.63) is 0 Å². The number of aliphatic hydroxyl groups is 1. The SMILES string of the molecule is CCSCCCC1(CO)CCCOC1. The highest BCUT2D eigenvalue weighted by Crippen LogP contribution is 2.33. The van der Waals surface area contributed by atoms with Crippen molar-refractivity contribution in [1.29, 1.82) is 0 Å². The molecule has 1 unspecified atom stereocenters. The summed E-state index contributed by atoms with van der Waals surface area (Å²) >= 11 is 1.98. The van der Waals surface area contributed by atoms with Crippen molar-refractivity contribution in [2.45, 2.75) is 32.6 Å². The number of hydrogen-bond donors (Lipinski definition) is 1. The zero-order chi connectivity index (χ0) is 10.3. The van der Waals surface area contributed by atoms with Gasteiger partial charge in [0.2, 0.25) is 0 Å². The first-order valence-electron chi connectivity index (χ1n) is 5.59. The molecule has 0 radical (unpaired) electrons. The lowest BCUT2D eigenvalue weighted by atomic mass is 9.79. The van der Waals surface area contributed by atoms with Gasteiger partial charge < -0.3 is 9.84 Å². The van der Waals surface area contributed by atoms with Crippen molar-refractivity contribution >= 4 is 11.8 Å². The van der Waals surface area contributed by atoms with Crippen LogP contribution >= 0.6 is 11.8 Å².